The molecule has 1 aromatic heterocycles. The van der Waals surface area contributed by atoms with E-state index in [9.17, 15) is 0 Å². The van der Waals surface area contributed by atoms with Gasteiger partial charge in [-0.1, -0.05) is 0 Å². The van der Waals surface area contributed by atoms with Crippen LogP contribution in [0.1, 0.15) is 13.3 Å². The quantitative estimate of drug-likeness (QED) is 0.468. The number of nitrogen functional groups attached to an aromatic ring is 1. The van der Waals surface area contributed by atoms with Gasteiger partial charge in [0, 0.05) is 19.7 Å². The van der Waals surface area contributed by atoms with Gasteiger partial charge in [-0.05, 0) is 13.3 Å². The first-order valence-electron chi connectivity index (χ1n) is 4.81. The number of hydrogen-bond donors (Lipinski definition) is 3. The number of aromatic nitrogens is 2. The molecule has 1 rings (SSSR count). The van der Waals surface area contributed by atoms with E-state index < -0.39 is 0 Å². The molecule has 0 bridgehead atoms. The summed E-state index contributed by atoms with van der Waals surface area (Å²) in [6.07, 6.45) is 1.84. The second-order valence-corrected chi connectivity index (χ2v) is 3.47. The highest BCUT2D eigenvalue weighted by molar-refractivity contribution is 5.47. The van der Waals surface area contributed by atoms with Crippen molar-refractivity contribution < 1.29 is 5.11 Å². The maximum atomic E-state index is 9.16. The van der Waals surface area contributed by atoms with Gasteiger partial charge in [0.15, 0.2) is 0 Å². The van der Waals surface area contributed by atoms with Crippen molar-refractivity contribution in [2.75, 3.05) is 23.9 Å². The SMILES string of the molecule is CC(O)CCN(C)c1cc(NN)ncn1. The fourth-order valence-corrected chi connectivity index (χ4v) is 1.13. The number of hydrazine groups is 1. The smallest absolute Gasteiger partial charge is 0.145 e. The summed E-state index contributed by atoms with van der Waals surface area (Å²) in [5, 5.41) is 9.16. The summed E-state index contributed by atoms with van der Waals surface area (Å²) >= 11 is 0. The van der Waals surface area contributed by atoms with Gasteiger partial charge in [0.2, 0.25) is 0 Å². The highest BCUT2D eigenvalue weighted by Gasteiger charge is 2.05. The molecule has 1 atom stereocenters. The zero-order chi connectivity index (χ0) is 11.3. The summed E-state index contributed by atoms with van der Waals surface area (Å²) in [6.45, 7) is 2.50. The third kappa shape index (κ3) is 3.69. The molecule has 1 heterocycles. The Morgan fingerprint density at radius 2 is 2.33 bits per heavy atom. The molecule has 0 saturated heterocycles. The van der Waals surface area contributed by atoms with Gasteiger partial charge in [-0.15, -0.1) is 0 Å². The molecular weight excluding hydrogens is 194 g/mol. The predicted octanol–water partition coefficient (Wildman–Crippen LogP) is -0.0307. The first kappa shape index (κ1) is 11.7. The average molecular weight is 211 g/mol. The number of rotatable bonds is 5. The number of aliphatic hydroxyl groups is 1. The molecule has 15 heavy (non-hydrogen) atoms. The van der Waals surface area contributed by atoms with Gasteiger partial charge < -0.3 is 15.4 Å². The third-order valence-corrected chi connectivity index (χ3v) is 2.07. The lowest BCUT2D eigenvalue weighted by Gasteiger charge is -2.18. The Bertz CT molecular complexity index is 304. The number of aliphatic hydroxyl groups excluding tert-OH is 1. The van der Waals surface area contributed by atoms with Crippen LogP contribution in [0.4, 0.5) is 11.6 Å². The number of hydrogen-bond acceptors (Lipinski definition) is 6. The molecule has 0 fully saturated rings. The second kappa shape index (κ2) is 5.47. The molecule has 0 aliphatic heterocycles. The van der Waals surface area contributed by atoms with Gasteiger partial charge in [0.05, 0.1) is 6.10 Å². The molecule has 1 unspecified atom stereocenters. The fraction of sp³-hybridized carbons (Fsp3) is 0.556. The van der Waals surface area contributed by atoms with Gasteiger partial charge in [-0.3, -0.25) is 0 Å². The van der Waals surface area contributed by atoms with E-state index in [0.29, 0.717) is 12.2 Å². The van der Waals surface area contributed by atoms with Crippen LogP contribution in [0.3, 0.4) is 0 Å². The van der Waals surface area contributed by atoms with Crippen LogP contribution in [0.5, 0.6) is 0 Å². The van der Waals surface area contributed by atoms with Crippen LogP contribution >= 0.6 is 0 Å². The third-order valence-electron chi connectivity index (χ3n) is 2.07. The maximum Gasteiger partial charge on any atom is 0.145 e. The van der Waals surface area contributed by atoms with E-state index in [4.69, 9.17) is 10.9 Å². The zero-order valence-corrected chi connectivity index (χ0v) is 9.01. The van der Waals surface area contributed by atoms with E-state index in [2.05, 4.69) is 15.4 Å². The second-order valence-electron chi connectivity index (χ2n) is 3.47. The van der Waals surface area contributed by atoms with Gasteiger partial charge in [-0.2, -0.15) is 0 Å². The van der Waals surface area contributed by atoms with Crippen molar-refractivity contribution in [3.8, 4) is 0 Å². The first-order chi connectivity index (χ1) is 7.13. The molecule has 6 heteroatoms. The molecule has 0 spiro atoms. The first-order valence-corrected chi connectivity index (χ1v) is 4.81. The minimum Gasteiger partial charge on any atom is -0.393 e. The van der Waals surface area contributed by atoms with Crippen LogP contribution < -0.4 is 16.2 Å². The molecule has 6 nitrogen and oxygen atoms in total. The van der Waals surface area contributed by atoms with Crippen LogP contribution in [0.2, 0.25) is 0 Å². The van der Waals surface area contributed by atoms with E-state index in [1.165, 1.54) is 6.33 Å². The van der Waals surface area contributed by atoms with Crippen LogP contribution in [-0.4, -0.2) is 34.8 Å². The molecule has 0 saturated carbocycles. The Morgan fingerprint density at radius 1 is 1.60 bits per heavy atom. The van der Waals surface area contributed by atoms with Crippen molar-refractivity contribution in [1.29, 1.82) is 0 Å². The fourth-order valence-electron chi connectivity index (χ4n) is 1.13. The van der Waals surface area contributed by atoms with Crippen LogP contribution in [-0.2, 0) is 0 Å². The monoisotopic (exact) mass is 211 g/mol. The number of anilines is 2. The summed E-state index contributed by atoms with van der Waals surface area (Å²) in [7, 11) is 1.91. The number of nitrogens with one attached hydrogen (secondary N) is 1. The van der Waals surface area contributed by atoms with E-state index in [-0.39, 0.29) is 6.10 Å². The maximum absolute atomic E-state index is 9.16. The van der Waals surface area contributed by atoms with E-state index in [1.54, 1.807) is 13.0 Å². The van der Waals surface area contributed by atoms with Crippen molar-refractivity contribution >= 4 is 11.6 Å². The highest BCUT2D eigenvalue weighted by Crippen LogP contribution is 2.12. The standard InChI is InChI=1S/C9H17N5O/c1-7(15)3-4-14(2)9-5-8(13-10)11-6-12-9/h5-7,15H,3-4,10H2,1-2H3,(H,11,12,13). The molecule has 0 aliphatic carbocycles. The molecule has 4 N–H and O–H groups in total. The van der Waals surface area contributed by atoms with Crippen LogP contribution in [0, 0.1) is 0 Å². The summed E-state index contributed by atoms with van der Waals surface area (Å²) in [5.41, 5.74) is 2.46. The van der Waals surface area contributed by atoms with Crippen molar-refractivity contribution in [1.82, 2.24) is 9.97 Å². The molecule has 0 radical (unpaired) electrons. The Labute approximate surface area is 89.1 Å². The Morgan fingerprint density at radius 3 is 2.93 bits per heavy atom. The lowest BCUT2D eigenvalue weighted by Crippen LogP contribution is -2.23. The summed E-state index contributed by atoms with van der Waals surface area (Å²) in [6, 6.07) is 1.75. The van der Waals surface area contributed by atoms with E-state index in [1.807, 2.05) is 11.9 Å². The summed E-state index contributed by atoms with van der Waals surface area (Å²) < 4.78 is 0. The van der Waals surface area contributed by atoms with Crippen molar-refractivity contribution in [2.45, 2.75) is 19.4 Å². The Hall–Kier alpha value is -1.40. The number of nitrogens with two attached hydrogens (primary N) is 1. The molecule has 0 amide bonds. The van der Waals surface area contributed by atoms with Crippen molar-refractivity contribution in [2.24, 2.45) is 5.84 Å². The number of nitrogens with zero attached hydrogens (tertiary/aromatic N) is 3. The van der Waals surface area contributed by atoms with Crippen molar-refractivity contribution in [3.63, 3.8) is 0 Å². The topological polar surface area (TPSA) is 87.3 Å². The summed E-state index contributed by atoms with van der Waals surface area (Å²) in [4.78, 5) is 9.95. The molecular formula is C9H17N5O. The minimum atomic E-state index is -0.304. The lowest BCUT2D eigenvalue weighted by molar-refractivity contribution is 0.187. The minimum absolute atomic E-state index is 0.304. The molecule has 84 valence electrons. The van der Waals surface area contributed by atoms with Gasteiger partial charge in [-0.25, -0.2) is 15.8 Å². The van der Waals surface area contributed by atoms with Crippen molar-refractivity contribution in [3.05, 3.63) is 12.4 Å². The largest absolute Gasteiger partial charge is 0.393 e. The van der Waals surface area contributed by atoms with Crippen LogP contribution in [0.15, 0.2) is 12.4 Å². The van der Waals surface area contributed by atoms with Crippen LogP contribution in [0.25, 0.3) is 0 Å². The normalized spacial score (nSPS) is 12.3. The highest BCUT2D eigenvalue weighted by atomic mass is 16.3. The zero-order valence-electron chi connectivity index (χ0n) is 9.01. The predicted molar refractivity (Wildman–Crippen MR) is 59.4 cm³/mol. The molecule has 1 aromatic rings. The van der Waals surface area contributed by atoms with Gasteiger partial charge in [0.25, 0.3) is 0 Å². The van der Waals surface area contributed by atoms with E-state index >= 15 is 0 Å². The summed E-state index contributed by atoms with van der Waals surface area (Å²) in [5.74, 6) is 6.59. The van der Waals surface area contributed by atoms with Gasteiger partial charge >= 0.3 is 0 Å². The lowest BCUT2D eigenvalue weighted by atomic mass is 10.3. The van der Waals surface area contributed by atoms with E-state index in [0.717, 1.165) is 12.4 Å². The Balaban J connectivity index is 2.60. The van der Waals surface area contributed by atoms with Gasteiger partial charge in [0.1, 0.15) is 18.0 Å². The Kier molecular flexibility index (Phi) is 4.26. The molecule has 0 aliphatic rings. The molecule has 0 aromatic carbocycles. The average Bonchev–Trinajstić information content (AvgIpc) is 2.26.